The van der Waals surface area contributed by atoms with E-state index in [-0.39, 0.29) is 0 Å². The Morgan fingerprint density at radius 2 is 2.04 bits per heavy atom. The molecule has 1 fully saturated rings. The van der Waals surface area contributed by atoms with E-state index in [4.69, 9.17) is 4.42 Å². The Labute approximate surface area is 150 Å². The number of aliphatic hydroxyl groups is 1. The number of furan rings is 1. The molecule has 0 spiro atoms. The lowest BCUT2D eigenvalue weighted by molar-refractivity contribution is 0.00470. The van der Waals surface area contributed by atoms with Crippen molar-refractivity contribution >= 4 is 6.09 Å². The summed E-state index contributed by atoms with van der Waals surface area (Å²) >= 11 is 0. The normalized spacial score (nSPS) is 18.7. The van der Waals surface area contributed by atoms with Gasteiger partial charge in [-0.05, 0) is 45.7 Å². The maximum absolute atomic E-state index is 11.9. The average Bonchev–Trinajstić information content (AvgIpc) is 3.04. The van der Waals surface area contributed by atoms with Crippen LogP contribution in [0.25, 0.3) is 0 Å². The molecular formula is C19H32N2O4. The van der Waals surface area contributed by atoms with Crippen molar-refractivity contribution in [1.82, 2.24) is 10.2 Å². The molecule has 1 saturated carbocycles. The van der Waals surface area contributed by atoms with E-state index in [1.54, 1.807) is 12.3 Å². The molecule has 25 heavy (non-hydrogen) atoms. The van der Waals surface area contributed by atoms with Crippen molar-refractivity contribution in [1.29, 1.82) is 0 Å². The van der Waals surface area contributed by atoms with E-state index in [1.807, 2.05) is 26.8 Å². The van der Waals surface area contributed by atoms with Gasteiger partial charge in [-0.3, -0.25) is 4.90 Å². The van der Waals surface area contributed by atoms with Gasteiger partial charge in [0, 0.05) is 24.5 Å². The van der Waals surface area contributed by atoms with Crippen LogP contribution in [0.2, 0.25) is 0 Å². The molecule has 1 aromatic heterocycles. The second-order valence-electron chi connectivity index (χ2n) is 7.98. The Hall–Kier alpha value is -1.53. The largest absolute Gasteiger partial charge is 0.469 e. The third kappa shape index (κ3) is 5.75. The van der Waals surface area contributed by atoms with Gasteiger partial charge in [0.05, 0.1) is 18.4 Å². The second kappa shape index (κ2) is 8.72. The predicted molar refractivity (Wildman–Crippen MR) is 96.7 cm³/mol. The lowest BCUT2D eigenvalue weighted by Gasteiger charge is -2.41. The van der Waals surface area contributed by atoms with Crippen LogP contribution in [-0.4, -0.2) is 51.5 Å². The summed E-state index contributed by atoms with van der Waals surface area (Å²) in [5.41, 5.74) is -0.616. The fourth-order valence-corrected chi connectivity index (χ4v) is 3.69. The Kier molecular flexibility index (Phi) is 6.90. The Bertz CT molecular complexity index is 518. The van der Waals surface area contributed by atoms with Crippen LogP contribution in [0.3, 0.4) is 0 Å². The third-order valence-corrected chi connectivity index (χ3v) is 4.92. The van der Waals surface area contributed by atoms with Gasteiger partial charge in [0.2, 0.25) is 0 Å². The summed E-state index contributed by atoms with van der Waals surface area (Å²) in [5, 5.41) is 24.0. The molecule has 1 amide bonds. The van der Waals surface area contributed by atoms with Gasteiger partial charge in [0.1, 0.15) is 5.76 Å². The summed E-state index contributed by atoms with van der Waals surface area (Å²) < 4.78 is 5.40. The first-order valence-electron chi connectivity index (χ1n) is 9.25. The highest BCUT2D eigenvalue weighted by atomic mass is 16.4. The Morgan fingerprint density at radius 1 is 1.36 bits per heavy atom. The van der Waals surface area contributed by atoms with Crippen molar-refractivity contribution < 1.29 is 19.4 Å². The van der Waals surface area contributed by atoms with Crippen molar-refractivity contribution in [3.8, 4) is 0 Å². The Morgan fingerprint density at radius 3 is 2.56 bits per heavy atom. The lowest BCUT2D eigenvalue weighted by Crippen LogP contribution is -2.58. The number of aliphatic hydroxyl groups excluding tert-OH is 1. The fourth-order valence-electron chi connectivity index (χ4n) is 3.69. The lowest BCUT2D eigenvalue weighted by atomic mass is 9.94. The van der Waals surface area contributed by atoms with Crippen LogP contribution in [0.1, 0.15) is 58.6 Å². The molecule has 0 saturated heterocycles. The van der Waals surface area contributed by atoms with Gasteiger partial charge in [-0.1, -0.05) is 19.3 Å². The molecule has 0 aromatic carbocycles. The van der Waals surface area contributed by atoms with Gasteiger partial charge in [-0.15, -0.1) is 0 Å². The van der Waals surface area contributed by atoms with Gasteiger partial charge in [0.25, 0.3) is 0 Å². The molecule has 0 aliphatic heterocycles. The minimum absolute atomic E-state index is 0.351. The van der Waals surface area contributed by atoms with Crippen LogP contribution in [-0.2, 0) is 6.42 Å². The molecule has 2 rings (SSSR count). The van der Waals surface area contributed by atoms with E-state index in [2.05, 4.69) is 5.32 Å². The highest BCUT2D eigenvalue weighted by Crippen LogP contribution is 2.23. The fraction of sp³-hybridized carbons (Fsp3) is 0.737. The highest BCUT2D eigenvalue weighted by molar-refractivity contribution is 5.66. The maximum Gasteiger partial charge on any atom is 0.408 e. The second-order valence-corrected chi connectivity index (χ2v) is 7.98. The summed E-state index contributed by atoms with van der Waals surface area (Å²) in [6.07, 6.45) is 6.04. The van der Waals surface area contributed by atoms with Crippen molar-refractivity contribution in [2.75, 3.05) is 6.54 Å². The minimum atomic E-state index is -1.03. The number of hydrogen-bond donors (Lipinski definition) is 3. The first kappa shape index (κ1) is 19.8. The van der Waals surface area contributed by atoms with Crippen LogP contribution >= 0.6 is 0 Å². The van der Waals surface area contributed by atoms with Crippen molar-refractivity contribution in [3.05, 3.63) is 24.2 Å². The number of nitrogens with one attached hydrogen (secondary N) is 1. The van der Waals surface area contributed by atoms with E-state index >= 15 is 0 Å². The van der Waals surface area contributed by atoms with Gasteiger partial charge >= 0.3 is 6.09 Å². The van der Waals surface area contributed by atoms with Crippen molar-refractivity contribution in [3.63, 3.8) is 0 Å². The number of nitrogens with zero attached hydrogens (tertiary/aromatic N) is 1. The predicted octanol–water partition coefficient (Wildman–Crippen LogP) is 3.25. The molecule has 0 radical (unpaired) electrons. The third-order valence-electron chi connectivity index (χ3n) is 4.92. The molecule has 3 N–H and O–H groups in total. The standard InChI is InChI=1S/C19H32N2O4/c1-19(2,3)21(18(23)24)16(12-15-10-7-11-25-15)17(22)13-20-14-8-5-4-6-9-14/h7,10-11,14,16-17,20,22H,4-6,8-9,12-13H2,1-3H3,(H,23,24)/t16-,17-/m0/s1. The average molecular weight is 352 g/mol. The quantitative estimate of drug-likeness (QED) is 0.701. The van der Waals surface area contributed by atoms with Gasteiger partial charge in [0.15, 0.2) is 0 Å². The van der Waals surface area contributed by atoms with Crippen LogP contribution in [0.5, 0.6) is 0 Å². The molecule has 1 aliphatic carbocycles. The van der Waals surface area contributed by atoms with E-state index < -0.39 is 23.8 Å². The zero-order valence-electron chi connectivity index (χ0n) is 15.6. The molecule has 2 atom stereocenters. The molecular weight excluding hydrogens is 320 g/mol. The number of amides is 1. The van der Waals surface area contributed by atoms with Gasteiger partial charge in [-0.2, -0.15) is 0 Å². The van der Waals surface area contributed by atoms with Gasteiger partial charge < -0.3 is 19.9 Å². The first-order valence-corrected chi connectivity index (χ1v) is 9.25. The molecule has 1 aromatic rings. The minimum Gasteiger partial charge on any atom is -0.469 e. The zero-order valence-corrected chi connectivity index (χ0v) is 15.6. The van der Waals surface area contributed by atoms with E-state index in [9.17, 15) is 15.0 Å². The van der Waals surface area contributed by atoms with E-state index in [0.29, 0.717) is 24.8 Å². The first-order chi connectivity index (χ1) is 11.8. The monoisotopic (exact) mass is 352 g/mol. The number of carboxylic acid groups (broad SMARTS) is 1. The van der Waals surface area contributed by atoms with Crippen molar-refractivity contribution in [2.45, 2.75) is 83.0 Å². The molecule has 1 heterocycles. The summed E-state index contributed by atoms with van der Waals surface area (Å²) in [6.45, 7) is 5.92. The molecule has 6 heteroatoms. The zero-order chi connectivity index (χ0) is 18.4. The molecule has 142 valence electrons. The van der Waals surface area contributed by atoms with Crippen molar-refractivity contribution in [2.24, 2.45) is 0 Å². The smallest absolute Gasteiger partial charge is 0.408 e. The van der Waals surface area contributed by atoms with Crippen LogP contribution < -0.4 is 5.32 Å². The topological polar surface area (TPSA) is 85.9 Å². The SMILES string of the molecule is CC(C)(C)N(C(=O)O)[C@@H](Cc1ccco1)[C@@H](O)CNC1CCCCC1. The maximum atomic E-state index is 11.9. The summed E-state index contributed by atoms with van der Waals surface area (Å²) in [6, 6.07) is 3.44. The van der Waals surface area contributed by atoms with E-state index in [1.165, 1.54) is 24.2 Å². The molecule has 6 nitrogen and oxygen atoms in total. The number of carbonyl (C=O) groups is 1. The number of rotatable bonds is 7. The molecule has 0 bridgehead atoms. The summed E-state index contributed by atoms with van der Waals surface area (Å²) in [4.78, 5) is 13.2. The Balaban J connectivity index is 2.09. The summed E-state index contributed by atoms with van der Waals surface area (Å²) in [7, 11) is 0. The van der Waals surface area contributed by atoms with Crippen LogP contribution in [0, 0.1) is 0 Å². The molecule has 0 unspecified atom stereocenters. The molecule has 1 aliphatic rings. The summed E-state index contributed by atoms with van der Waals surface area (Å²) in [5.74, 6) is 0.678. The van der Waals surface area contributed by atoms with Gasteiger partial charge in [-0.25, -0.2) is 4.79 Å². The van der Waals surface area contributed by atoms with E-state index in [0.717, 1.165) is 12.8 Å². The number of hydrogen-bond acceptors (Lipinski definition) is 4. The van der Waals surface area contributed by atoms with Crippen LogP contribution in [0.4, 0.5) is 4.79 Å². The van der Waals surface area contributed by atoms with Crippen LogP contribution in [0.15, 0.2) is 22.8 Å². The highest BCUT2D eigenvalue weighted by Gasteiger charge is 2.37.